The summed E-state index contributed by atoms with van der Waals surface area (Å²) in [4.78, 5) is 38.0. The van der Waals surface area contributed by atoms with E-state index in [0.29, 0.717) is 25.1 Å². The molecule has 35 heavy (non-hydrogen) atoms. The van der Waals surface area contributed by atoms with Crippen LogP contribution in [-0.4, -0.2) is 48.0 Å². The van der Waals surface area contributed by atoms with Crippen molar-refractivity contribution >= 4 is 28.9 Å². The van der Waals surface area contributed by atoms with Crippen LogP contribution in [0.15, 0.2) is 41.7 Å². The summed E-state index contributed by atoms with van der Waals surface area (Å²) in [6, 6.07) is 7.63. The first-order chi connectivity index (χ1) is 16.5. The SMILES string of the molecule is CCOC(=O)C(C(=O)OCC)=C(CC(C)C)NCCc1cn(C(=O)OC(C)(C)C)c2ccccc12. The number of nitrogens with one attached hydrogen (secondary N) is 1. The fourth-order valence-electron chi connectivity index (χ4n) is 3.67. The van der Waals surface area contributed by atoms with Gasteiger partial charge in [-0.05, 0) is 65.0 Å². The minimum atomic E-state index is -0.698. The highest BCUT2D eigenvalue weighted by molar-refractivity contribution is 6.14. The molecule has 0 bridgehead atoms. The van der Waals surface area contributed by atoms with Crippen LogP contribution < -0.4 is 5.32 Å². The molecule has 1 heterocycles. The van der Waals surface area contributed by atoms with Crippen LogP contribution in [0.1, 0.15) is 60.5 Å². The van der Waals surface area contributed by atoms with Crippen LogP contribution in [0.3, 0.4) is 0 Å². The number of rotatable bonds is 10. The van der Waals surface area contributed by atoms with Gasteiger partial charge in [0, 0.05) is 23.8 Å². The maximum absolute atomic E-state index is 12.8. The molecule has 1 N–H and O–H groups in total. The van der Waals surface area contributed by atoms with Crippen molar-refractivity contribution in [3.63, 3.8) is 0 Å². The van der Waals surface area contributed by atoms with E-state index in [0.717, 1.165) is 16.5 Å². The highest BCUT2D eigenvalue weighted by Gasteiger charge is 2.27. The van der Waals surface area contributed by atoms with Crippen molar-refractivity contribution < 1.29 is 28.6 Å². The molecule has 2 aromatic rings. The summed E-state index contributed by atoms with van der Waals surface area (Å²) in [5.74, 6) is -1.21. The molecule has 8 nitrogen and oxygen atoms in total. The number of esters is 2. The molecule has 0 aliphatic heterocycles. The Kier molecular flexibility index (Phi) is 9.92. The predicted octanol–water partition coefficient (Wildman–Crippen LogP) is 4.98. The lowest BCUT2D eigenvalue weighted by molar-refractivity contribution is -0.146. The van der Waals surface area contributed by atoms with E-state index in [2.05, 4.69) is 5.32 Å². The Labute approximate surface area is 207 Å². The van der Waals surface area contributed by atoms with E-state index < -0.39 is 23.6 Å². The summed E-state index contributed by atoms with van der Waals surface area (Å²) >= 11 is 0. The fourth-order valence-corrected chi connectivity index (χ4v) is 3.67. The zero-order valence-electron chi connectivity index (χ0n) is 21.9. The second-order valence-corrected chi connectivity index (χ2v) is 9.59. The summed E-state index contributed by atoms with van der Waals surface area (Å²) in [5, 5.41) is 4.21. The van der Waals surface area contributed by atoms with Gasteiger partial charge < -0.3 is 19.5 Å². The van der Waals surface area contributed by atoms with Gasteiger partial charge in [-0.25, -0.2) is 14.4 Å². The molecular formula is C27H38N2O6. The Balaban J connectivity index is 2.34. The van der Waals surface area contributed by atoms with Crippen molar-refractivity contribution in [2.75, 3.05) is 19.8 Å². The highest BCUT2D eigenvalue weighted by Crippen LogP contribution is 2.24. The molecule has 0 unspecified atom stereocenters. The molecule has 192 valence electrons. The number of fused-ring (bicyclic) bond motifs is 1. The van der Waals surface area contributed by atoms with Crippen LogP contribution >= 0.6 is 0 Å². The topological polar surface area (TPSA) is 95.9 Å². The standard InChI is InChI=1S/C27H38N2O6/c1-8-33-24(30)23(25(31)34-9-2)21(16-18(3)4)28-15-14-19-17-29(26(32)35-27(5,6)7)22-13-11-10-12-20(19)22/h10-13,17-18,28H,8-9,14-16H2,1-7H3. The molecule has 0 fully saturated rings. The second kappa shape index (κ2) is 12.4. The molecule has 0 saturated heterocycles. The largest absolute Gasteiger partial charge is 0.462 e. The number of nitrogens with zero attached hydrogens (tertiary/aromatic N) is 1. The van der Waals surface area contributed by atoms with E-state index in [1.807, 2.05) is 58.9 Å². The summed E-state index contributed by atoms with van der Waals surface area (Å²) in [5.41, 5.74) is 1.48. The van der Waals surface area contributed by atoms with Crippen molar-refractivity contribution in [2.45, 2.75) is 66.9 Å². The minimum Gasteiger partial charge on any atom is -0.462 e. The summed E-state index contributed by atoms with van der Waals surface area (Å²) in [7, 11) is 0. The van der Waals surface area contributed by atoms with Gasteiger partial charge in [0.15, 0.2) is 5.57 Å². The zero-order chi connectivity index (χ0) is 26.2. The van der Waals surface area contributed by atoms with E-state index >= 15 is 0 Å². The van der Waals surface area contributed by atoms with Gasteiger partial charge in [0.1, 0.15) is 5.60 Å². The fraction of sp³-hybridized carbons (Fsp3) is 0.519. The van der Waals surface area contributed by atoms with E-state index in [4.69, 9.17) is 14.2 Å². The van der Waals surface area contributed by atoms with Crippen LogP contribution in [0, 0.1) is 5.92 Å². The predicted molar refractivity (Wildman–Crippen MR) is 135 cm³/mol. The molecule has 1 aromatic heterocycles. The van der Waals surface area contributed by atoms with Crippen molar-refractivity contribution in [3.8, 4) is 0 Å². The van der Waals surface area contributed by atoms with Crippen molar-refractivity contribution in [3.05, 3.63) is 47.3 Å². The Bertz CT molecular complexity index is 1060. The summed E-state index contributed by atoms with van der Waals surface area (Å²) < 4.78 is 17.3. The van der Waals surface area contributed by atoms with E-state index in [9.17, 15) is 14.4 Å². The zero-order valence-corrected chi connectivity index (χ0v) is 21.9. The van der Waals surface area contributed by atoms with Gasteiger partial charge in [-0.1, -0.05) is 32.0 Å². The second-order valence-electron chi connectivity index (χ2n) is 9.59. The maximum atomic E-state index is 12.8. The third-order valence-corrected chi connectivity index (χ3v) is 4.99. The van der Waals surface area contributed by atoms with Crippen LogP contribution in [0.4, 0.5) is 4.79 Å². The van der Waals surface area contributed by atoms with Crippen molar-refractivity contribution in [1.29, 1.82) is 0 Å². The monoisotopic (exact) mass is 486 g/mol. The van der Waals surface area contributed by atoms with Gasteiger partial charge in [-0.2, -0.15) is 0 Å². The van der Waals surface area contributed by atoms with Gasteiger partial charge in [-0.15, -0.1) is 0 Å². The Hall–Kier alpha value is -3.29. The number of aromatic nitrogens is 1. The number of hydrogen-bond donors (Lipinski definition) is 1. The molecule has 0 spiro atoms. The van der Waals surface area contributed by atoms with Crippen LogP contribution in [-0.2, 0) is 30.2 Å². The van der Waals surface area contributed by atoms with Gasteiger partial charge in [0.05, 0.1) is 18.7 Å². The Morgan fingerprint density at radius 2 is 1.60 bits per heavy atom. The number of hydrogen-bond acceptors (Lipinski definition) is 7. The average molecular weight is 487 g/mol. The molecule has 2 rings (SSSR count). The van der Waals surface area contributed by atoms with E-state index in [1.165, 1.54) is 4.57 Å². The number of carbonyl (C=O) groups excluding carboxylic acids is 3. The molecule has 0 aliphatic rings. The van der Waals surface area contributed by atoms with E-state index in [-0.39, 0.29) is 24.7 Å². The average Bonchev–Trinajstić information content (AvgIpc) is 3.11. The quantitative estimate of drug-likeness (QED) is 0.166. The lowest BCUT2D eigenvalue weighted by Gasteiger charge is -2.19. The molecule has 0 radical (unpaired) electrons. The number of benzene rings is 1. The molecule has 0 saturated carbocycles. The normalized spacial score (nSPS) is 11.3. The summed E-state index contributed by atoms with van der Waals surface area (Å²) in [6.45, 7) is 13.6. The molecule has 0 atom stereocenters. The first-order valence-corrected chi connectivity index (χ1v) is 12.1. The number of para-hydroxylation sites is 1. The maximum Gasteiger partial charge on any atom is 0.419 e. The van der Waals surface area contributed by atoms with Gasteiger partial charge in [-0.3, -0.25) is 4.57 Å². The highest BCUT2D eigenvalue weighted by atomic mass is 16.6. The minimum absolute atomic E-state index is 0.0985. The summed E-state index contributed by atoms with van der Waals surface area (Å²) in [6.07, 6.45) is 2.37. The Morgan fingerprint density at radius 1 is 1.00 bits per heavy atom. The van der Waals surface area contributed by atoms with Gasteiger partial charge in [0.2, 0.25) is 0 Å². The third kappa shape index (κ3) is 7.87. The third-order valence-electron chi connectivity index (χ3n) is 4.99. The molecular weight excluding hydrogens is 448 g/mol. The molecule has 0 aliphatic carbocycles. The lowest BCUT2D eigenvalue weighted by atomic mass is 10.0. The number of carbonyl (C=O) groups is 3. The smallest absolute Gasteiger partial charge is 0.419 e. The van der Waals surface area contributed by atoms with Crippen LogP contribution in [0.2, 0.25) is 0 Å². The number of allylic oxidation sites excluding steroid dienone is 1. The first-order valence-electron chi connectivity index (χ1n) is 12.1. The lowest BCUT2D eigenvalue weighted by Crippen LogP contribution is -2.28. The number of ether oxygens (including phenoxy) is 3. The molecule has 1 aromatic carbocycles. The van der Waals surface area contributed by atoms with Gasteiger partial charge >= 0.3 is 18.0 Å². The molecule has 8 heteroatoms. The Morgan fingerprint density at radius 3 is 2.14 bits per heavy atom. The van der Waals surface area contributed by atoms with Crippen molar-refractivity contribution in [2.24, 2.45) is 5.92 Å². The van der Waals surface area contributed by atoms with Gasteiger partial charge in [0.25, 0.3) is 0 Å². The first kappa shape index (κ1) is 28.0. The van der Waals surface area contributed by atoms with Crippen LogP contribution in [0.5, 0.6) is 0 Å². The van der Waals surface area contributed by atoms with Crippen molar-refractivity contribution in [1.82, 2.24) is 9.88 Å². The van der Waals surface area contributed by atoms with Crippen LogP contribution in [0.25, 0.3) is 10.9 Å². The molecule has 0 amide bonds. The van der Waals surface area contributed by atoms with E-state index in [1.54, 1.807) is 20.0 Å².